The lowest BCUT2D eigenvalue weighted by Crippen LogP contribution is -2.40. The van der Waals surface area contributed by atoms with Gasteiger partial charge < -0.3 is 14.0 Å². The summed E-state index contributed by atoms with van der Waals surface area (Å²) in [6.45, 7) is 8.45. The Labute approximate surface area is 85.8 Å². The molecule has 82 valence electrons. The monoisotopic (exact) mass is 218 g/mol. The highest BCUT2D eigenvalue weighted by Gasteiger charge is 2.33. The minimum atomic E-state index is -2.45. The van der Waals surface area contributed by atoms with Crippen LogP contribution in [-0.4, -0.2) is 32.9 Å². The third-order valence-electron chi connectivity index (χ3n) is 1.78. The van der Waals surface area contributed by atoms with Crippen LogP contribution < -0.4 is 0 Å². The quantitative estimate of drug-likeness (QED) is 0.630. The van der Waals surface area contributed by atoms with E-state index < -0.39 is 14.5 Å². The SMILES string of the molecule is C=C[Si](CCC(=O)O)(OCC)OCC. The maximum atomic E-state index is 10.4. The highest BCUT2D eigenvalue weighted by molar-refractivity contribution is 6.72. The van der Waals surface area contributed by atoms with Crippen molar-refractivity contribution < 1.29 is 18.8 Å². The van der Waals surface area contributed by atoms with Gasteiger partial charge >= 0.3 is 14.5 Å². The van der Waals surface area contributed by atoms with E-state index in [9.17, 15) is 4.79 Å². The number of carboxylic acids is 1. The Morgan fingerprint density at radius 2 is 1.93 bits per heavy atom. The van der Waals surface area contributed by atoms with Gasteiger partial charge in [0.05, 0.1) is 0 Å². The van der Waals surface area contributed by atoms with Gasteiger partial charge in [-0.25, -0.2) is 0 Å². The molecule has 5 heteroatoms. The number of aliphatic carboxylic acids is 1. The maximum Gasteiger partial charge on any atom is 0.365 e. The fourth-order valence-electron chi connectivity index (χ4n) is 1.18. The van der Waals surface area contributed by atoms with E-state index in [1.807, 2.05) is 13.8 Å². The molecule has 4 nitrogen and oxygen atoms in total. The Bertz CT molecular complexity index is 187. The van der Waals surface area contributed by atoms with Crippen LogP contribution in [0.5, 0.6) is 0 Å². The van der Waals surface area contributed by atoms with E-state index in [0.29, 0.717) is 19.3 Å². The van der Waals surface area contributed by atoms with Crippen LogP contribution in [0.15, 0.2) is 12.3 Å². The van der Waals surface area contributed by atoms with Crippen LogP contribution in [0.4, 0.5) is 0 Å². The summed E-state index contributed by atoms with van der Waals surface area (Å²) in [5.74, 6) is -0.830. The van der Waals surface area contributed by atoms with Gasteiger partial charge in [-0.3, -0.25) is 4.79 Å². The van der Waals surface area contributed by atoms with Gasteiger partial charge in [0.2, 0.25) is 0 Å². The van der Waals surface area contributed by atoms with Gasteiger partial charge in [0.25, 0.3) is 0 Å². The summed E-state index contributed by atoms with van der Waals surface area (Å²) < 4.78 is 11.0. The minimum absolute atomic E-state index is 0.0677. The molecule has 0 aliphatic carbocycles. The number of hydrogen-bond acceptors (Lipinski definition) is 3. The molecule has 0 saturated carbocycles. The molecule has 0 aromatic heterocycles. The Kier molecular flexibility index (Phi) is 6.43. The lowest BCUT2D eigenvalue weighted by atomic mass is 10.5. The summed E-state index contributed by atoms with van der Waals surface area (Å²) in [6.07, 6.45) is 0.0677. The normalized spacial score (nSPS) is 11.3. The van der Waals surface area contributed by atoms with Gasteiger partial charge in [-0.05, 0) is 19.5 Å². The fraction of sp³-hybridized carbons (Fsp3) is 0.667. The molecule has 0 amide bonds. The van der Waals surface area contributed by atoms with Crippen molar-refractivity contribution in [3.05, 3.63) is 12.3 Å². The summed E-state index contributed by atoms with van der Waals surface area (Å²) >= 11 is 0. The van der Waals surface area contributed by atoms with E-state index in [4.69, 9.17) is 14.0 Å². The van der Waals surface area contributed by atoms with Gasteiger partial charge in [-0.15, -0.1) is 6.58 Å². The van der Waals surface area contributed by atoms with E-state index in [1.54, 1.807) is 5.70 Å². The van der Waals surface area contributed by atoms with Gasteiger partial charge in [0.1, 0.15) is 0 Å². The van der Waals surface area contributed by atoms with Crippen molar-refractivity contribution in [3.8, 4) is 0 Å². The first-order chi connectivity index (χ1) is 6.60. The van der Waals surface area contributed by atoms with Crippen molar-refractivity contribution in [3.63, 3.8) is 0 Å². The first-order valence-electron chi connectivity index (χ1n) is 4.73. The van der Waals surface area contributed by atoms with Crippen LogP contribution >= 0.6 is 0 Å². The van der Waals surface area contributed by atoms with Crippen molar-refractivity contribution in [2.45, 2.75) is 26.3 Å². The molecule has 0 aromatic carbocycles. The van der Waals surface area contributed by atoms with E-state index in [1.165, 1.54) is 0 Å². The highest BCUT2D eigenvalue weighted by atomic mass is 28.4. The predicted molar refractivity (Wildman–Crippen MR) is 56.3 cm³/mol. The first kappa shape index (κ1) is 13.3. The molecule has 1 N–H and O–H groups in total. The first-order valence-corrected chi connectivity index (χ1v) is 6.83. The molecular formula is C9H18O4Si. The molecule has 0 rings (SSSR count). The molecule has 0 bridgehead atoms. The number of hydrogen-bond donors (Lipinski definition) is 1. The van der Waals surface area contributed by atoms with Crippen molar-refractivity contribution in [1.82, 2.24) is 0 Å². The second-order valence-electron chi connectivity index (χ2n) is 2.78. The average molecular weight is 218 g/mol. The average Bonchev–Trinajstić information content (AvgIpc) is 2.15. The molecule has 0 saturated heterocycles. The fourth-order valence-corrected chi connectivity index (χ4v) is 3.53. The van der Waals surface area contributed by atoms with Crippen LogP contribution in [0.1, 0.15) is 20.3 Å². The number of carboxylic acid groups (broad SMARTS) is 1. The minimum Gasteiger partial charge on any atom is -0.481 e. The smallest absolute Gasteiger partial charge is 0.365 e. The van der Waals surface area contributed by atoms with Gasteiger partial charge in [-0.1, -0.05) is 0 Å². The lowest BCUT2D eigenvalue weighted by Gasteiger charge is -2.25. The molecule has 0 atom stereocenters. The number of carbonyl (C=O) groups is 1. The molecule has 0 heterocycles. The van der Waals surface area contributed by atoms with E-state index >= 15 is 0 Å². The Morgan fingerprint density at radius 3 is 2.21 bits per heavy atom. The third-order valence-corrected chi connectivity index (χ3v) is 4.90. The van der Waals surface area contributed by atoms with Crippen LogP contribution in [0.25, 0.3) is 0 Å². The van der Waals surface area contributed by atoms with Crippen molar-refractivity contribution in [2.75, 3.05) is 13.2 Å². The maximum absolute atomic E-state index is 10.4. The standard InChI is InChI=1S/C9H18O4Si/c1-4-12-14(6-3,13-5-2)8-7-9(10)11/h6H,3-5,7-8H2,1-2H3,(H,10,11). The van der Waals surface area contributed by atoms with Gasteiger partial charge in [0, 0.05) is 25.7 Å². The van der Waals surface area contributed by atoms with E-state index in [0.717, 1.165) is 0 Å². The van der Waals surface area contributed by atoms with Crippen LogP contribution in [-0.2, 0) is 13.6 Å². The summed E-state index contributed by atoms with van der Waals surface area (Å²) in [6, 6.07) is 0.424. The highest BCUT2D eigenvalue weighted by Crippen LogP contribution is 2.17. The second-order valence-corrected chi connectivity index (χ2v) is 5.88. The van der Waals surface area contributed by atoms with Gasteiger partial charge in [0.15, 0.2) is 0 Å². The lowest BCUT2D eigenvalue weighted by molar-refractivity contribution is -0.136. The van der Waals surface area contributed by atoms with Gasteiger partial charge in [-0.2, -0.15) is 0 Å². The van der Waals surface area contributed by atoms with Crippen LogP contribution in [0.2, 0.25) is 6.04 Å². The zero-order valence-corrected chi connectivity index (χ0v) is 9.78. The van der Waals surface area contributed by atoms with E-state index in [-0.39, 0.29) is 6.42 Å². The molecule has 14 heavy (non-hydrogen) atoms. The molecule has 0 radical (unpaired) electrons. The predicted octanol–water partition coefficient (Wildman–Crippen LogP) is 1.70. The Balaban J connectivity index is 4.31. The molecule has 0 unspecified atom stereocenters. The molecule has 0 aliphatic rings. The Hall–Kier alpha value is -0.653. The summed E-state index contributed by atoms with van der Waals surface area (Å²) in [5.41, 5.74) is 1.66. The molecule has 0 aliphatic heterocycles. The molecule has 0 spiro atoms. The Morgan fingerprint density at radius 1 is 1.43 bits per heavy atom. The van der Waals surface area contributed by atoms with Crippen molar-refractivity contribution in [1.29, 1.82) is 0 Å². The zero-order chi connectivity index (χ0) is 11.0. The molecule has 0 fully saturated rings. The molecule has 0 aromatic rings. The summed E-state index contributed by atoms with van der Waals surface area (Å²) in [5, 5.41) is 8.59. The van der Waals surface area contributed by atoms with Crippen molar-refractivity contribution in [2.24, 2.45) is 0 Å². The topological polar surface area (TPSA) is 55.8 Å². The van der Waals surface area contributed by atoms with Crippen LogP contribution in [0, 0.1) is 0 Å². The third kappa shape index (κ3) is 4.55. The summed E-state index contributed by atoms with van der Waals surface area (Å²) in [4.78, 5) is 10.4. The molecular weight excluding hydrogens is 200 g/mol. The van der Waals surface area contributed by atoms with E-state index in [2.05, 4.69) is 6.58 Å². The number of rotatable bonds is 8. The zero-order valence-electron chi connectivity index (χ0n) is 8.78. The summed E-state index contributed by atoms with van der Waals surface area (Å²) in [7, 11) is -2.45. The second kappa shape index (κ2) is 6.75. The van der Waals surface area contributed by atoms with Crippen LogP contribution in [0.3, 0.4) is 0 Å². The largest absolute Gasteiger partial charge is 0.481 e. The van der Waals surface area contributed by atoms with Crippen molar-refractivity contribution >= 4 is 14.5 Å².